The van der Waals surface area contributed by atoms with Gasteiger partial charge in [-0.2, -0.15) is 26.0 Å². The van der Waals surface area contributed by atoms with E-state index in [-0.39, 0.29) is 12.3 Å². The van der Waals surface area contributed by atoms with E-state index in [1.54, 1.807) is 0 Å². The summed E-state index contributed by atoms with van der Waals surface area (Å²) in [6, 6.07) is 21.2. The van der Waals surface area contributed by atoms with Crippen LogP contribution in [0, 0.1) is 17.8 Å². The zero-order valence-electron chi connectivity index (χ0n) is 16.0. The highest BCUT2D eigenvalue weighted by Gasteiger charge is 2.71. The molecule has 1 N–H and O–H groups in total. The molecule has 2 aromatic carbocycles. The summed E-state index contributed by atoms with van der Waals surface area (Å²) in [5.41, 5.74) is 0. The molecule has 9 heteroatoms. The topological polar surface area (TPSA) is 54.4 Å². The number of hydrogen-bond donors (Lipinski definition) is 1. The Morgan fingerprint density at radius 1 is 0.833 bits per heavy atom. The standard InChI is InChI=1S/C12H11P.C9H12F4O3S/c1-3-7-11(8-4-1)13-12-9-5-2-6-10-12;10-8(11,9(12,13)17(14,15)16)7-4-5-1-2-6(7)3-5/h1-10,13H;5-7H,1-4H2,(H,14,15,16). The molecule has 164 valence electrons. The zero-order valence-corrected chi connectivity index (χ0v) is 17.8. The van der Waals surface area contributed by atoms with Crippen molar-refractivity contribution in [3.05, 3.63) is 60.7 Å². The van der Waals surface area contributed by atoms with Crippen LogP contribution in [0.4, 0.5) is 17.6 Å². The Hall–Kier alpha value is -1.50. The Morgan fingerprint density at radius 2 is 1.33 bits per heavy atom. The van der Waals surface area contributed by atoms with Crippen molar-refractivity contribution in [2.75, 3.05) is 0 Å². The molecule has 0 aromatic heterocycles. The van der Waals surface area contributed by atoms with Gasteiger partial charge < -0.3 is 0 Å². The largest absolute Gasteiger partial charge is 0.431 e. The second-order valence-electron chi connectivity index (χ2n) is 7.75. The van der Waals surface area contributed by atoms with Crippen molar-refractivity contribution in [2.45, 2.75) is 36.9 Å². The summed E-state index contributed by atoms with van der Waals surface area (Å²) in [6.45, 7) is 0. The van der Waals surface area contributed by atoms with Crippen molar-refractivity contribution in [1.82, 2.24) is 0 Å². The van der Waals surface area contributed by atoms with Gasteiger partial charge in [0, 0.05) is 5.92 Å². The highest BCUT2D eigenvalue weighted by Crippen LogP contribution is 2.58. The molecule has 3 nitrogen and oxygen atoms in total. The molecular weight excluding hydrogens is 439 g/mol. The van der Waals surface area contributed by atoms with E-state index in [2.05, 4.69) is 60.7 Å². The highest BCUT2D eigenvalue weighted by atomic mass is 32.2. The molecular formula is C21H23F4O3PS. The predicted octanol–water partition coefficient (Wildman–Crippen LogP) is 4.85. The smallest absolute Gasteiger partial charge is 0.281 e. The molecule has 2 aliphatic carbocycles. The maximum atomic E-state index is 13.6. The normalized spacial score (nSPS) is 23.7. The summed E-state index contributed by atoms with van der Waals surface area (Å²) in [5.74, 6) is -6.95. The lowest BCUT2D eigenvalue weighted by molar-refractivity contribution is -0.202. The minimum Gasteiger partial charge on any atom is -0.281 e. The molecule has 2 saturated carbocycles. The van der Waals surface area contributed by atoms with Gasteiger partial charge in [0.25, 0.3) is 0 Å². The van der Waals surface area contributed by atoms with Crippen molar-refractivity contribution < 1.29 is 30.5 Å². The summed E-state index contributed by atoms with van der Waals surface area (Å²) in [5, 5.41) is -2.61. The van der Waals surface area contributed by atoms with Gasteiger partial charge in [0.2, 0.25) is 0 Å². The fourth-order valence-electron chi connectivity index (χ4n) is 4.29. The number of rotatable bonds is 5. The number of fused-ring (bicyclic) bond motifs is 2. The van der Waals surface area contributed by atoms with E-state index in [9.17, 15) is 26.0 Å². The molecule has 3 atom stereocenters. The van der Waals surface area contributed by atoms with Crippen LogP contribution in [0.25, 0.3) is 0 Å². The molecule has 0 heterocycles. The number of benzene rings is 2. The lowest BCUT2D eigenvalue weighted by atomic mass is 9.84. The summed E-state index contributed by atoms with van der Waals surface area (Å²) >= 11 is 0. The average Bonchev–Trinajstić information content (AvgIpc) is 3.33. The van der Waals surface area contributed by atoms with E-state index in [1.165, 1.54) is 10.6 Å². The molecule has 2 aliphatic rings. The van der Waals surface area contributed by atoms with Gasteiger partial charge in [-0.3, -0.25) is 4.55 Å². The van der Waals surface area contributed by atoms with Gasteiger partial charge in [0.05, 0.1) is 0 Å². The fourth-order valence-corrected chi connectivity index (χ4v) is 5.83. The van der Waals surface area contributed by atoms with E-state index < -0.39 is 33.1 Å². The summed E-state index contributed by atoms with van der Waals surface area (Å²) in [7, 11) is -5.32. The summed E-state index contributed by atoms with van der Waals surface area (Å²) in [4.78, 5) is 0. The third-order valence-corrected chi connectivity index (χ3v) is 7.92. The van der Waals surface area contributed by atoms with Crippen LogP contribution in [0.1, 0.15) is 25.7 Å². The molecule has 0 spiro atoms. The average molecular weight is 462 g/mol. The lowest BCUT2D eigenvalue weighted by Crippen LogP contribution is -2.52. The molecule has 0 radical (unpaired) electrons. The first-order valence-corrected chi connectivity index (χ1v) is 12.1. The maximum absolute atomic E-state index is 13.6. The molecule has 0 amide bonds. The minimum absolute atomic E-state index is 0.0203. The van der Waals surface area contributed by atoms with E-state index in [0.717, 1.165) is 15.0 Å². The molecule has 0 saturated heterocycles. The van der Waals surface area contributed by atoms with Crippen molar-refractivity contribution in [2.24, 2.45) is 17.8 Å². The van der Waals surface area contributed by atoms with Crippen LogP contribution in [-0.2, 0) is 10.1 Å². The lowest BCUT2D eigenvalue weighted by Gasteiger charge is -2.33. The van der Waals surface area contributed by atoms with Crippen LogP contribution >= 0.6 is 8.58 Å². The van der Waals surface area contributed by atoms with Crippen molar-refractivity contribution in [3.63, 3.8) is 0 Å². The maximum Gasteiger partial charge on any atom is 0.431 e. The Kier molecular flexibility index (Phi) is 6.90. The first-order valence-electron chi connectivity index (χ1n) is 9.62. The molecule has 30 heavy (non-hydrogen) atoms. The van der Waals surface area contributed by atoms with Gasteiger partial charge in [0.1, 0.15) is 0 Å². The highest BCUT2D eigenvalue weighted by molar-refractivity contribution is 7.87. The Morgan fingerprint density at radius 3 is 1.70 bits per heavy atom. The van der Waals surface area contributed by atoms with Crippen LogP contribution in [-0.4, -0.2) is 24.1 Å². The van der Waals surface area contributed by atoms with Gasteiger partial charge in [-0.05, 0) is 41.7 Å². The van der Waals surface area contributed by atoms with E-state index in [4.69, 9.17) is 4.55 Å². The second kappa shape index (κ2) is 8.93. The van der Waals surface area contributed by atoms with Crippen molar-refractivity contribution >= 4 is 29.3 Å². The van der Waals surface area contributed by atoms with E-state index in [0.29, 0.717) is 12.8 Å². The van der Waals surface area contributed by atoms with Gasteiger partial charge in [-0.1, -0.05) is 75.7 Å². The van der Waals surface area contributed by atoms with Gasteiger partial charge in [-0.15, -0.1) is 0 Å². The van der Waals surface area contributed by atoms with Crippen LogP contribution in [0.2, 0.25) is 0 Å². The fraction of sp³-hybridized carbons (Fsp3) is 0.429. The molecule has 2 bridgehead atoms. The third-order valence-electron chi connectivity index (χ3n) is 5.75. The van der Waals surface area contributed by atoms with Gasteiger partial charge in [0.15, 0.2) is 0 Å². The molecule has 2 fully saturated rings. The molecule has 0 aliphatic heterocycles. The van der Waals surface area contributed by atoms with Crippen molar-refractivity contribution in [1.29, 1.82) is 0 Å². The van der Waals surface area contributed by atoms with Crippen LogP contribution in [0.3, 0.4) is 0 Å². The van der Waals surface area contributed by atoms with Crippen LogP contribution in [0.5, 0.6) is 0 Å². The Bertz CT molecular complexity index is 902. The second-order valence-corrected chi connectivity index (χ2v) is 10.6. The predicted molar refractivity (Wildman–Crippen MR) is 111 cm³/mol. The Balaban J connectivity index is 0.000000177. The first-order chi connectivity index (χ1) is 14.0. The SMILES string of the molecule is O=S(=O)(O)C(F)(F)C(F)(F)C1CC2CCC1C2.c1ccc(Pc2ccccc2)cc1. The quantitative estimate of drug-likeness (QED) is 0.393. The van der Waals surface area contributed by atoms with E-state index in [1.807, 2.05) is 0 Å². The number of alkyl halides is 4. The van der Waals surface area contributed by atoms with Gasteiger partial charge >= 0.3 is 21.3 Å². The minimum atomic E-state index is -6.10. The molecule has 4 rings (SSSR count). The third kappa shape index (κ3) is 4.87. The summed E-state index contributed by atoms with van der Waals surface area (Å²) < 4.78 is 82.4. The van der Waals surface area contributed by atoms with Gasteiger partial charge in [-0.25, -0.2) is 0 Å². The first kappa shape index (κ1) is 23.2. The summed E-state index contributed by atoms with van der Waals surface area (Å²) in [6.07, 6.45) is 1.51. The number of halogens is 4. The zero-order chi connectivity index (χ0) is 22.0. The van der Waals surface area contributed by atoms with Crippen LogP contribution < -0.4 is 10.6 Å². The monoisotopic (exact) mass is 462 g/mol. The number of hydrogen-bond acceptors (Lipinski definition) is 2. The van der Waals surface area contributed by atoms with E-state index >= 15 is 0 Å². The van der Waals surface area contributed by atoms with Crippen molar-refractivity contribution in [3.8, 4) is 0 Å². The molecule has 2 aromatic rings. The van der Waals surface area contributed by atoms with Crippen LogP contribution in [0.15, 0.2) is 60.7 Å². The molecule has 3 unspecified atom stereocenters. The Labute approximate surface area is 175 Å².